The van der Waals surface area contributed by atoms with Gasteiger partial charge in [0, 0.05) is 25.7 Å². The highest BCUT2D eigenvalue weighted by molar-refractivity contribution is 5.92. The summed E-state index contributed by atoms with van der Waals surface area (Å²) in [5.41, 5.74) is 1.55. The van der Waals surface area contributed by atoms with Crippen LogP contribution in [0.25, 0.3) is 0 Å². The van der Waals surface area contributed by atoms with Crippen molar-refractivity contribution in [3.8, 4) is 0 Å². The number of carbonyl (C=O) groups excluding carboxylic acids is 1. The Kier molecular flexibility index (Phi) is 4.69. The highest BCUT2D eigenvalue weighted by Crippen LogP contribution is 2.30. The summed E-state index contributed by atoms with van der Waals surface area (Å²) in [7, 11) is 1.88. The molecule has 7 nitrogen and oxygen atoms in total. The van der Waals surface area contributed by atoms with E-state index in [9.17, 15) is 4.79 Å². The van der Waals surface area contributed by atoms with Crippen LogP contribution in [0, 0.1) is 0 Å². The molecule has 0 bridgehead atoms. The molecule has 0 radical (unpaired) electrons. The van der Waals surface area contributed by atoms with E-state index in [1.807, 2.05) is 24.9 Å². The summed E-state index contributed by atoms with van der Waals surface area (Å²) < 4.78 is 7.03. The van der Waals surface area contributed by atoms with E-state index in [-0.39, 0.29) is 11.9 Å². The maximum Gasteiger partial charge on any atom is 0.274 e. The Morgan fingerprint density at radius 1 is 1.42 bits per heavy atom. The summed E-state index contributed by atoms with van der Waals surface area (Å²) in [6.07, 6.45) is 3.61. The van der Waals surface area contributed by atoms with Crippen LogP contribution in [-0.2, 0) is 13.5 Å². The first-order valence-corrected chi connectivity index (χ1v) is 8.68. The van der Waals surface area contributed by atoms with E-state index >= 15 is 0 Å². The van der Waals surface area contributed by atoms with Gasteiger partial charge in [-0.25, -0.2) is 0 Å². The number of hydrogen-bond donors (Lipinski definition) is 0. The second-order valence-corrected chi connectivity index (χ2v) is 6.64. The lowest BCUT2D eigenvalue weighted by Gasteiger charge is -2.33. The third-order valence-electron chi connectivity index (χ3n) is 4.57. The van der Waals surface area contributed by atoms with E-state index < -0.39 is 0 Å². The van der Waals surface area contributed by atoms with Crippen LogP contribution in [-0.4, -0.2) is 37.3 Å². The van der Waals surface area contributed by atoms with E-state index in [1.165, 1.54) is 0 Å². The molecule has 0 N–H and O–H groups in total. The third kappa shape index (κ3) is 3.07. The number of nitrogens with zero attached hydrogens (tertiary/aromatic N) is 5. The molecule has 1 atom stereocenters. The number of amides is 1. The fourth-order valence-electron chi connectivity index (χ4n) is 3.26. The summed E-state index contributed by atoms with van der Waals surface area (Å²) >= 11 is 0. The zero-order chi connectivity index (χ0) is 17.3. The van der Waals surface area contributed by atoms with Gasteiger partial charge in [-0.05, 0) is 31.2 Å². The molecule has 1 amide bonds. The molecular weight excluding hydrogens is 306 g/mol. The van der Waals surface area contributed by atoms with Gasteiger partial charge < -0.3 is 9.42 Å². The number of hydrogen-bond acceptors (Lipinski definition) is 5. The molecular formula is C17H25N5O2. The molecule has 2 aromatic rings. The average molecular weight is 331 g/mol. The summed E-state index contributed by atoms with van der Waals surface area (Å²) in [5.74, 6) is 1.50. The molecule has 0 aromatic carbocycles. The predicted molar refractivity (Wildman–Crippen MR) is 88.6 cm³/mol. The highest BCUT2D eigenvalue weighted by Gasteiger charge is 2.33. The van der Waals surface area contributed by atoms with E-state index in [0.717, 1.165) is 25.0 Å². The molecule has 1 aliphatic rings. The Morgan fingerprint density at radius 3 is 2.83 bits per heavy atom. The van der Waals surface area contributed by atoms with Crippen LogP contribution < -0.4 is 0 Å². The standard InChI is InChI=1S/C17H25N5O2/c1-5-15-18-16(20-24-15)13-8-6-7-9-22(13)17(23)12-10-14(11(2)3)21(4)19-12/h10-11,13H,5-9H2,1-4H3. The van der Waals surface area contributed by atoms with Gasteiger partial charge >= 0.3 is 0 Å². The molecule has 2 aromatic heterocycles. The summed E-state index contributed by atoms with van der Waals surface area (Å²) in [4.78, 5) is 19.3. The summed E-state index contributed by atoms with van der Waals surface area (Å²) in [6.45, 7) is 6.87. The third-order valence-corrected chi connectivity index (χ3v) is 4.57. The fourth-order valence-corrected chi connectivity index (χ4v) is 3.26. The summed E-state index contributed by atoms with van der Waals surface area (Å²) in [6, 6.07) is 1.77. The van der Waals surface area contributed by atoms with Gasteiger partial charge in [0.15, 0.2) is 11.5 Å². The molecule has 24 heavy (non-hydrogen) atoms. The molecule has 3 rings (SSSR count). The SMILES string of the molecule is CCc1nc(C2CCCCN2C(=O)c2cc(C(C)C)n(C)n2)no1. The van der Waals surface area contributed by atoms with Gasteiger partial charge in [-0.2, -0.15) is 10.1 Å². The van der Waals surface area contributed by atoms with Crippen LogP contribution in [0.15, 0.2) is 10.6 Å². The first kappa shape index (κ1) is 16.7. The first-order valence-electron chi connectivity index (χ1n) is 8.68. The van der Waals surface area contributed by atoms with Crippen molar-refractivity contribution >= 4 is 5.91 Å². The zero-order valence-electron chi connectivity index (χ0n) is 14.8. The minimum absolute atomic E-state index is 0.0509. The monoisotopic (exact) mass is 331 g/mol. The van der Waals surface area contributed by atoms with Gasteiger partial charge in [-0.1, -0.05) is 25.9 Å². The minimum atomic E-state index is -0.125. The molecule has 7 heteroatoms. The van der Waals surface area contributed by atoms with Crippen LogP contribution in [0.3, 0.4) is 0 Å². The molecule has 1 unspecified atom stereocenters. The normalized spacial score (nSPS) is 18.4. The van der Waals surface area contributed by atoms with Crippen molar-refractivity contribution in [3.05, 3.63) is 29.2 Å². The van der Waals surface area contributed by atoms with E-state index in [1.54, 1.807) is 4.68 Å². The van der Waals surface area contributed by atoms with E-state index in [0.29, 0.717) is 36.3 Å². The number of carbonyl (C=O) groups is 1. The van der Waals surface area contributed by atoms with Gasteiger partial charge in [0.1, 0.15) is 0 Å². The lowest BCUT2D eigenvalue weighted by molar-refractivity contribution is 0.0590. The Hall–Kier alpha value is -2.18. The van der Waals surface area contributed by atoms with Crippen LogP contribution in [0.5, 0.6) is 0 Å². The van der Waals surface area contributed by atoms with Crippen LogP contribution >= 0.6 is 0 Å². The fraction of sp³-hybridized carbons (Fsp3) is 0.647. The minimum Gasteiger partial charge on any atom is -0.339 e. The maximum atomic E-state index is 13.0. The van der Waals surface area contributed by atoms with E-state index in [2.05, 4.69) is 29.1 Å². The second kappa shape index (κ2) is 6.75. The van der Waals surface area contributed by atoms with Gasteiger partial charge in [0.25, 0.3) is 5.91 Å². The van der Waals surface area contributed by atoms with Crippen LogP contribution in [0.2, 0.25) is 0 Å². The van der Waals surface area contributed by atoms with Crippen molar-refractivity contribution in [1.29, 1.82) is 0 Å². The molecule has 0 aliphatic carbocycles. The van der Waals surface area contributed by atoms with Gasteiger partial charge in [-0.3, -0.25) is 9.48 Å². The lowest BCUT2D eigenvalue weighted by Crippen LogP contribution is -2.39. The van der Waals surface area contributed by atoms with Crippen molar-refractivity contribution < 1.29 is 9.32 Å². The molecule has 1 fully saturated rings. The number of aryl methyl sites for hydroxylation is 2. The second-order valence-electron chi connectivity index (χ2n) is 6.64. The molecule has 130 valence electrons. The number of likely N-dealkylation sites (tertiary alicyclic amines) is 1. The Balaban J connectivity index is 1.87. The highest BCUT2D eigenvalue weighted by atomic mass is 16.5. The molecule has 3 heterocycles. The molecule has 1 saturated heterocycles. The Labute approximate surface area is 142 Å². The number of aromatic nitrogens is 4. The average Bonchev–Trinajstić information content (AvgIpc) is 3.20. The smallest absolute Gasteiger partial charge is 0.274 e. The quantitative estimate of drug-likeness (QED) is 0.861. The number of piperidine rings is 1. The van der Waals surface area contributed by atoms with Gasteiger partial charge in [0.05, 0.1) is 6.04 Å². The Bertz CT molecular complexity index is 718. The molecule has 1 aliphatic heterocycles. The van der Waals surface area contributed by atoms with Crippen molar-refractivity contribution in [1.82, 2.24) is 24.8 Å². The Morgan fingerprint density at radius 2 is 2.21 bits per heavy atom. The van der Waals surface area contributed by atoms with Crippen molar-refractivity contribution in [2.24, 2.45) is 7.05 Å². The first-order chi connectivity index (χ1) is 11.5. The molecule has 0 spiro atoms. The largest absolute Gasteiger partial charge is 0.339 e. The van der Waals surface area contributed by atoms with Gasteiger partial charge in [-0.15, -0.1) is 0 Å². The molecule has 0 saturated carbocycles. The maximum absolute atomic E-state index is 13.0. The number of rotatable bonds is 4. The van der Waals surface area contributed by atoms with E-state index in [4.69, 9.17) is 4.52 Å². The van der Waals surface area contributed by atoms with Crippen molar-refractivity contribution in [3.63, 3.8) is 0 Å². The van der Waals surface area contributed by atoms with Crippen LogP contribution in [0.1, 0.15) is 79.9 Å². The van der Waals surface area contributed by atoms with Crippen LogP contribution in [0.4, 0.5) is 0 Å². The van der Waals surface area contributed by atoms with Crippen molar-refractivity contribution in [2.45, 2.75) is 58.4 Å². The zero-order valence-corrected chi connectivity index (χ0v) is 14.8. The summed E-state index contributed by atoms with van der Waals surface area (Å²) in [5, 5.41) is 8.50. The predicted octanol–water partition coefficient (Wildman–Crippen LogP) is 2.86. The topological polar surface area (TPSA) is 77.1 Å². The lowest BCUT2D eigenvalue weighted by atomic mass is 10.0. The van der Waals surface area contributed by atoms with Crippen molar-refractivity contribution in [2.75, 3.05) is 6.54 Å². The van der Waals surface area contributed by atoms with Gasteiger partial charge in [0.2, 0.25) is 5.89 Å².